The number of nitrogens with zero attached hydrogens (tertiary/aromatic N) is 3. The van der Waals surface area contributed by atoms with Crippen molar-refractivity contribution in [1.29, 1.82) is 0 Å². The van der Waals surface area contributed by atoms with Crippen LogP contribution in [-0.4, -0.2) is 53.4 Å². The van der Waals surface area contributed by atoms with Crippen molar-refractivity contribution >= 4 is 5.91 Å². The first-order valence-corrected chi connectivity index (χ1v) is 5.77. The molecule has 1 fully saturated rings. The number of hydrogen-bond donors (Lipinski definition) is 0. The smallest absolute Gasteiger partial charge is 0.254 e. The van der Waals surface area contributed by atoms with Crippen molar-refractivity contribution in [3.05, 3.63) is 29.8 Å². The number of piperazine rings is 1. The van der Waals surface area contributed by atoms with Gasteiger partial charge in [-0.1, -0.05) is 5.92 Å². The second-order valence-corrected chi connectivity index (χ2v) is 4.14. The molecule has 1 amide bonds. The van der Waals surface area contributed by atoms with Gasteiger partial charge in [0.1, 0.15) is 0 Å². The third-order valence-corrected chi connectivity index (χ3v) is 2.95. The van der Waals surface area contributed by atoms with Crippen molar-refractivity contribution in [1.82, 2.24) is 14.8 Å². The monoisotopic (exact) mass is 247 g/mol. The van der Waals surface area contributed by atoms with E-state index in [1.54, 1.807) is 4.90 Å². The molecule has 5 heteroatoms. The second-order valence-electron chi connectivity index (χ2n) is 4.14. The first-order valence-electron chi connectivity index (χ1n) is 5.77. The van der Waals surface area contributed by atoms with Crippen LogP contribution >= 0.6 is 0 Å². The average Bonchev–Trinajstić information content (AvgIpc) is 2.39. The lowest BCUT2D eigenvalue weighted by Gasteiger charge is -2.33. The Kier molecular flexibility index (Phi) is 3.90. The number of aromatic nitrogens is 1. The summed E-state index contributed by atoms with van der Waals surface area (Å²) >= 11 is 0. The van der Waals surface area contributed by atoms with Gasteiger partial charge in [0.25, 0.3) is 5.91 Å². The average molecular weight is 247 g/mol. The van der Waals surface area contributed by atoms with Crippen molar-refractivity contribution in [3.63, 3.8) is 0 Å². The number of carbonyl (C=O) groups is 1. The molecule has 1 aliphatic heterocycles. The molecular weight excluding hydrogens is 233 g/mol. The lowest BCUT2D eigenvalue weighted by Crippen LogP contribution is -2.48. The van der Waals surface area contributed by atoms with E-state index in [0.717, 1.165) is 19.2 Å². The van der Waals surface area contributed by atoms with Crippen LogP contribution in [0.4, 0.5) is 4.39 Å². The molecule has 94 valence electrons. The maximum atomic E-state index is 12.9. The van der Waals surface area contributed by atoms with Crippen LogP contribution in [0.25, 0.3) is 0 Å². The minimum Gasteiger partial charge on any atom is -0.336 e. The number of hydrogen-bond acceptors (Lipinski definition) is 3. The van der Waals surface area contributed by atoms with E-state index in [4.69, 9.17) is 6.42 Å². The molecule has 1 aromatic heterocycles. The van der Waals surface area contributed by atoms with E-state index in [9.17, 15) is 9.18 Å². The maximum Gasteiger partial charge on any atom is 0.254 e. The summed E-state index contributed by atoms with van der Waals surface area (Å²) in [5.41, 5.74) is 0.341. The second kappa shape index (κ2) is 5.61. The zero-order valence-corrected chi connectivity index (χ0v) is 9.97. The summed E-state index contributed by atoms with van der Waals surface area (Å²) in [4.78, 5) is 19.3. The van der Waals surface area contributed by atoms with Crippen LogP contribution in [0.2, 0.25) is 0 Å². The molecule has 0 N–H and O–H groups in total. The van der Waals surface area contributed by atoms with E-state index in [0.29, 0.717) is 25.2 Å². The summed E-state index contributed by atoms with van der Waals surface area (Å²) in [6, 6.07) is 2.69. The molecule has 2 heterocycles. The molecule has 1 saturated heterocycles. The van der Waals surface area contributed by atoms with Crippen molar-refractivity contribution in [2.75, 3.05) is 32.7 Å². The van der Waals surface area contributed by atoms with Crippen LogP contribution in [-0.2, 0) is 0 Å². The summed E-state index contributed by atoms with van der Waals surface area (Å²) in [7, 11) is 0. The highest BCUT2D eigenvalue weighted by Crippen LogP contribution is 2.08. The number of amides is 1. The Labute approximate surface area is 105 Å². The molecule has 4 nitrogen and oxygen atoms in total. The largest absolute Gasteiger partial charge is 0.336 e. The lowest BCUT2D eigenvalue weighted by molar-refractivity contribution is 0.0651. The fraction of sp³-hybridized carbons (Fsp3) is 0.385. The number of carbonyl (C=O) groups excluding carboxylic acids is 1. The molecular formula is C13H14FN3O. The molecule has 0 atom stereocenters. The summed E-state index contributed by atoms with van der Waals surface area (Å²) in [5, 5.41) is 0. The van der Waals surface area contributed by atoms with Crippen molar-refractivity contribution in [2.45, 2.75) is 0 Å². The molecule has 0 spiro atoms. The minimum atomic E-state index is -0.633. The first kappa shape index (κ1) is 12.5. The van der Waals surface area contributed by atoms with E-state index in [-0.39, 0.29) is 5.91 Å². The zero-order valence-electron chi connectivity index (χ0n) is 9.97. The van der Waals surface area contributed by atoms with Crippen molar-refractivity contribution in [2.24, 2.45) is 0 Å². The van der Waals surface area contributed by atoms with Gasteiger partial charge in [-0.05, 0) is 6.07 Å². The SMILES string of the molecule is C#CCN1CCN(C(=O)c2ccnc(F)c2)CC1. The predicted octanol–water partition coefficient (Wildman–Crippen LogP) is 0.612. The molecule has 0 aliphatic carbocycles. The number of pyridine rings is 1. The van der Waals surface area contributed by atoms with Gasteiger partial charge >= 0.3 is 0 Å². The van der Waals surface area contributed by atoms with Crippen LogP contribution in [0.15, 0.2) is 18.3 Å². The molecule has 1 aliphatic rings. The minimum absolute atomic E-state index is 0.156. The Hall–Kier alpha value is -1.93. The van der Waals surface area contributed by atoms with Crippen LogP contribution in [0.5, 0.6) is 0 Å². The molecule has 0 bridgehead atoms. The fourth-order valence-corrected chi connectivity index (χ4v) is 1.96. The van der Waals surface area contributed by atoms with E-state index in [1.807, 2.05) is 0 Å². The topological polar surface area (TPSA) is 36.4 Å². The Morgan fingerprint density at radius 1 is 1.44 bits per heavy atom. The van der Waals surface area contributed by atoms with Crippen LogP contribution < -0.4 is 0 Å². The lowest BCUT2D eigenvalue weighted by atomic mass is 10.2. The third-order valence-electron chi connectivity index (χ3n) is 2.95. The van der Waals surface area contributed by atoms with Crippen LogP contribution in [0.3, 0.4) is 0 Å². The Morgan fingerprint density at radius 2 is 2.17 bits per heavy atom. The van der Waals surface area contributed by atoms with Gasteiger partial charge in [0.05, 0.1) is 6.54 Å². The van der Waals surface area contributed by atoms with Gasteiger partial charge in [0.2, 0.25) is 5.95 Å². The van der Waals surface area contributed by atoms with Gasteiger partial charge in [-0.3, -0.25) is 9.69 Å². The molecule has 0 unspecified atom stereocenters. The molecule has 2 rings (SSSR count). The highest BCUT2D eigenvalue weighted by atomic mass is 19.1. The molecule has 18 heavy (non-hydrogen) atoms. The predicted molar refractivity (Wildman–Crippen MR) is 65.4 cm³/mol. The highest BCUT2D eigenvalue weighted by Gasteiger charge is 2.21. The number of halogens is 1. The maximum absolute atomic E-state index is 12.9. The normalized spacial score (nSPS) is 16.3. The van der Waals surface area contributed by atoms with Gasteiger partial charge in [-0.2, -0.15) is 4.39 Å². The van der Waals surface area contributed by atoms with Gasteiger partial charge in [-0.15, -0.1) is 6.42 Å². The zero-order chi connectivity index (χ0) is 13.0. The highest BCUT2D eigenvalue weighted by molar-refractivity contribution is 5.94. The number of terminal acetylenes is 1. The summed E-state index contributed by atoms with van der Waals surface area (Å²) in [6.45, 7) is 3.34. The number of rotatable bonds is 2. The fourth-order valence-electron chi connectivity index (χ4n) is 1.96. The first-order chi connectivity index (χ1) is 8.70. The van der Waals surface area contributed by atoms with Gasteiger partial charge in [0, 0.05) is 44.0 Å². The Balaban J connectivity index is 1.98. The molecule has 0 radical (unpaired) electrons. The molecule has 0 aromatic carbocycles. The van der Waals surface area contributed by atoms with E-state index < -0.39 is 5.95 Å². The summed E-state index contributed by atoms with van der Waals surface area (Å²) in [5.74, 6) is 1.80. The molecule has 0 saturated carbocycles. The van der Waals surface area contributed by atoms with Gasteiger partial charge < -0.3 is 4.90 Å². The Morgan fingerprint density at radius 3 is 2.78 bits per heavy atom. The van der Waals surface area contributed by atoms with Crippen LogP contribution in [0, 0.1) is 18.3 Å². The summed E-state index contributed by atoms with van der Waals surface area (Å²) in [6.07, 6.45) is 6.54. The molecule has 1 aromatic rings. The van der Waals surface area contributed by atoms with E-state index in [2.05, 4.69) is 15.8 Å². The van der Waals surface area contributed by atoms with Crippen LogP contribution in [0.1, 0.15) is 10.4 Å². The Bertz CT molecular complexity index is 475. The summed E-state index contributed by atoms with van der Waals surface area (Å²) < 4.78 is 12.9. The van der Waals surface area contributed by atoms with Gasteiger partial charge in [0.15, 0.2) is 0 Å². The van der Waals surface area contributed by atoms with Crippen molar-refractivity contribution in [3.8, 4) is 12.3 Å². The quantitative estimate of drug-likeness (QED) is 0.567. The van der Waals surface area contributed by atoms with E-state index >= 15 is 0 Å². The van der Waals surface area contributed by atoms with Gasteiger partial charge in [-0.25, -0.2) is 4.98 Å². The standard InChI is InChI=1S/C13H14FN3O/c1-2-5-16-6-8-17(9-7-16)13(18)11-3-4-15-12(14)10-11/h1,3-4,10H,5-9H2. The van der Waals surface area contributed by atoms with E-state index in [1.165, 1.54) is 12.3 Å². The third kappa shape index (κ3) is 2.84. The van der Waals surface area contributed by atoms with Crippen molar-refractivity contribution < 1.29 is 9.18 Å².